The third-order valence-electron chi connectivity index (χ3n) is 6.53. The topological polar surface area (TPSA) is 83.5 Å². The highest BCUT2D eigenvalue weighted by Gasteiger charge is 2.24. The molecule has 1 fully saturated rings. The van der Waals surface area contributed by atoms with Gasteiger partial charge >= 0.3 is 0 Å². The van der Waals surface area contributed by atoms with Crippen LogP contribution in [0.2, 0.25) is 0 Å². The van der Waals surface area contributed by atoms with Crippen molar-refractivity contribution in [2.24, 2.45) is 0 Å². The van der Waals surface area contributed by atoms with E-state index < -0.39 is 0 Å². The van der Waals surface area contributed by atoms with Crippen LogP contribution in [0.25, 0.3) is 17.0 Å². The Kier molecular flexibility index (Phi) is 6.77. The minimum Gasteiger partial charge on any atom is -0.493 e. The summed E-state index contributed by atoms with van der Waals surface area (Å²) in [5, 5.41) is 10.0. The normalized spacial score (nSPS) is 14.4. The van der Waals surface area contributed by atoms with E-state index in [1.54, 1.807) is 36.4 Å². The van der Waals surface area contributed by atoms with Crippen molar-refractivity contribution in [3.05, 3.63) is 64.2 Å². The van der Waals surface area contributed by atoms with Crippen LogP contribution < -0.4 is 15.0 Å². The molecule has 3 aromatic heterocycles. The van der Waals surface area contributed by atoms with Gasteiger partial charge in [-0.15, -0.1) is 10.2 Å². The van der Waals surface area contributed by atoms with Gasteiger partial charge in [0.15, 0.2) is 22.5 Å². The molecule has 9 heteroatoms. The first kappa shape index (κ1) is 23.4. The Labute approximate surface area is 208 Å². The fourth-order valence-corrected chi connectivity index (χ4v) is 5.69. The van der Waals surface area contributed by atoms with Crippen LogP contribution in [-0.4, -0.2) is 38.4 Å². The van der Waals surface area contributed by atoms with Gasteiger partial charge in [-0.3, -0.25) is 13.8 Å². The number of pyridine rings is 1. The lowest BCUT2D eigenvalue weighted by molar-refractivity contribution is 0.339. The monoisotopic (exact) mass is 491 g/mol. The molecule has 0 aliphatic heterocycles. The summed E-state index contributed by atoms with van der Waals surface area (Å²) >= 11 is 1.57. The van der Waals surface area contributed by atoms with Crippen LogP contribution in [0.15, 0.2) is 52.4 Å². The third kappa shape index (κ3) is 4.65. The highest BCUT2D eigenvalue weighted by Crippen LogP contribution is 2.38. The lowest BCUT2D eigenvalue weighted by Gasteiger charge is -2.25. The van der Waals surface area contributed by atoms with Crippen molar-refractivity contribution in [3.63, 3.8) is 0 Å². The van der Waals surface area contributed by atoms with Gasteiger partial charge in [0.05, 0.1) is 19.9 Å². The smallest absolute Gasteiger partial charge is 0.258 e. The van der Waals surface area contributed by atoms with Crippen molar-refractivity contribution in [3.8, 4) is 22.9 Å². The predicted octanol–water partition coefficient (Wildman–Crippen LogP) is 5.08. The van der Waals surface area contributed by atoms with E-state index in [9.17, 15) is 4.79 Å². The summed E-state index contributed by atoms with van der Waals surface area (Å²) in [5.41, 5.74) is 3.13. The van der Waals surface area contributed by atoms with Gasteiger partial charge in [0, 0.05) is 29.1 Å². The minimum absolute atomic E-state index is 0.0662. The number of nitrogens with zero attached hydrogens (tertiary/aromatic N) is 5. The Morgan fingerprint density at radius 2 is 1.80 bits per heavy atom. The molecule has 1 aliphatic carbocycles. The molecule has 1 saturated carbocycles. The quantitative estimate of drug-likeness (QED) is 0.334. The van der Waals surface area contributed by atoms with E-state index in [1.807, 2.05) is 43.3 Å². The lowest BCUT2D eigenvalue weighted by Crippen LogP contribution is -2.17. The molecule has 1 aliphatic rings. The molecular weight excluding hydrogens is 462 g/mol. The van der Waals surface area contributed by atoms with E-state index in [2.05, 4.69) is 14.8 Å². The maximum atomic E-state index is 12.7. The molecule has 3 heterocycles. The molecule has 0 amide bonds. The van der Waals surface area contributed by atoms with Crippen LogP contribution in [-0.2, 0) is 5.75 Å². The number of thioether (sulfide) groups is 1. The first-order valence-corrected chi connectivity index (χ1v) is 12.9. The third-order valence-corrected chi connectivity index (χ3v) is 7.51. The first-order chi connectivity index (χ1) is 17.1. The Hall–Kier alpha value is -3.33. The first-order valence-electron chi connectivity index (χ1n) is 11.9. The van der Waals surface area contributed by atoms with E-state index in [-0.39, 0.29) is 5.56 Å². The molecule has 0 radical (unpaired) electrons. The number of rotatable bonds is 7. The van der Waals surface area contributed by atoms with Gasteiger partial charge in [-0.25, -0.2) is 4.98 Å². The van der Waals surface area contributed by atoms with Gasteiger partial charge in [0.2, 0.25) is 0 Å². The maximum Gasteiger partial charge on any atom is 0.258 e. The number of benzene rings is 1. The standard InChI is InChI=1S/C26H29N5O3S/c1-17-8-7-11-23-27-19(15-24(32)30(17)23)16-35-26-29-28-25(31(26)20-9-5-4-6-10-20)18-12-13-21(33-2)22(14-18)34-3/h7-8,11-15,20H,4-6,9-10,16H2,1-3H3. The number of methoxy groups -OCH3 is 2. The molecule has 182 valence electrons. The van der Waals surface area contributed by atoms with Crippen molar-refractivity contribution in [2.75, 3.05) is 14.2 Å². The average molecular weight is 492 g/mol. The zero-order valence-electron chi connectivity index (χ0n) is 20.2. The van der Waals surface area contributed by atoms with Crippen LogP contribution >= 0.6 is 11.8 Å². The van der Waals surface area contributed by atoms with Gasteiger partial charge in [-0.1, -0.05) is 37.1 Å². The second-order valence-corrected chi connectivity index (χ2v) is 9.72. The van der Waals surface area contributed by atoms with Crippen molar-refractivity contribution < 1.29 is 9.47 Å². The molecule has 0 atom stereocenters. The summed E-state index contributed by atoms with van der Waals surface area (Å²) in [5.74, 6) is 2.70. The Balaban J connectivity index is 1.49. The second-order valence-electron chi connectivity index (χ2n) is 8.77. The van der Waals surface area contributed by atoms with Crippen LogP contribution in [0, 0.1) is 6.92 Å². The Morgan fingerprint density at radius 3 is 2.57 bits per heavy atom. The van der Waals surface area contributed by atoms with Gasteiger partial charge in [0.25, 0.3) is 5.56 Å². The van der Waals surface area contributed by atoms with E-state index >= 15 is 0 Å². The molecule has 8 nitrogen and oxygen atoms in total. The van der Waals surface area contributed by atoms with Crippen molar-refractivity contribution in [1.82, 2.24) is 24.1 Å². The molecule has 35 heavy (non-hydrogen) atoms. The molecular formula is C26H29N5O3S. The summed E-state index contributed by atoms with van der Waals surface area (Å²) < 4.78 is 14.8. The number of hydrogen-bond acceptors (Lipinski definition) is 7. The highest BCUT2D eigenvalue weighted by atomic mass is 32.2. The molecule has 0 unspecified atom stereocenters. The van der Waals surface area contributed by atoms with Crippen molar-refractivity contribution in [1.29, 1.82) is 0 Å². The highest BCUT2D eigenvalue weighted by molar-refractivity contribution is 7.98. The molecule has 0 saturated heterocycles. The summed E-state index contributed by atoms with van der Waals surface area (Å²) in [6.45, 7) is 1.91. The number of aromatic nitrogens is 5. The number of ether oxygens (including phenoxy) is 2. The molecule has 5 rings (SSSR count). The zero-order valence-corrected chi connectivity index (χ0v) is 21.0. The van der Waals surface area contributed by atoms with Crippen molar-refractivity contribution >= 4 is 17.4 Å². The number of aryl methyl sites for hydroxylation is 1. The molecule has 0 bridgehead atoms. The largest absolute Gasteiger partial charge is 0.493 e. The number of fused-ring (bicyclic) bond motifs is 1. The van der Waals surface area contributed by atoms with Crippen LogP contribution in [0.5, 0.6) is 11.5 Å². The van der Waals surface area contributed by atoms with Crippen LogP contribution in [0.1, 0.15) is 49.5 Å². The van der Waals surface area contributed by atoms with E-state index in [0.717, 1.165) is 40.8 Å². The summed E-state index contributed by atoms with van der Waals surface area (Å²) in [6, 6.07) is 13.5. The second kappa shape index (κ2) is 10.1. The summed E-state index contributed by atoms with van der Waals surface area (Å²) in [6.07, 6.45) is 5.85. The van der Waals surface area contributed by atoms with Gasteiger partial charge < -0.3 is 9.47 Å². The predicted molar refractivity (Wildman–Crippen MR) is 136 cm³/mol. The molecule has 0 spiro atoms. The molecule has 0 N–H and O–H groups in total. The Bertz CT molecular complexity index is 1410. The molecule has 1 aromatic carbocycles. The maximum absolute atomic E-state index is 12.7. The van der Waals surface area contributed by atoms with Gasteiger partial charge in [-0.05, 0) is 50.1 Å². The zero-order chi connectivity index (χ0) is 24.4. The summed E-state index contributed by atoms with van der Waals surface area (Å²) in [4.78, 5) is 17.4. The SMILES string of the molecule is COc1ccc(-c2nnc(SCc3cc(=O)n4c(C)cccc4n3)n2C2CCCCC2)cc1OC. The van der Waals surface area contributed by atoms with Gasteiger partial charge in [-0.2, -0.15) is 0 Å². The van der Waals surface area contributed by atoms with Gasteiger partial charge in [0.1, 0.15) is 5.65 Å². The minimum atomic E-state index is -0.0662. The Morgan fingerprint density at radius 1 is 1.00 bits per heavy atom. The van der Waals surface area contributed by atoms with E-state index in [4.69, 9.17) is 14.5 Å². The fourth-order valence-electron chi connectivity index (χ4n) is 4.79. The number of hydrogen-bond donors (Lipinski definition) is 0. The molecule has 4 aromatic rings. The van der Waals surface area contributed by atoms with Crippen molar-refractivity contribution in [2.45, 2.75) is 56.0 Å². The van der Waals surface area contributed by atoms with Crippen LogP contribution in [0.4, 0.5) is 0 Å². The lowest BCUT2D eigenvalue weighted by atomic mass is 9.95. The average Bonchev–Trinajstić information content (AvgIpc) is 3.31. The fraction of sp³-hybridized carbons (Fsp3) is 0.385. The van der Waals surface area contributed by atoms with E-state index in [0.29, 0.717) is 28.9 Å². The summed E-state index contributed by atoms with van der Waals surface area (Å²) in [7, 11) is 3.26. The van der Waals surface area contributed by atoms with Crippen LogP contribution in [0.3, 0.4) is 0 Å². The van der Waals surface area contributed by atoms with E-state index in [1.165, 1.54) is 19.3 Å².